The average Bonchev–Trinajstić information content (AvgIpc) is 3.15. The fourth-order valence-corrected chi connectivity index (χ4v) is 7.64. The van der Waals surface area contributed by atoms with Crippen molar-refractivity contribution in [2.24, 2.45) is 10.2 Å². The molecule has 1 aliphatic carbocycles. The second-order valence-electron chi connectivity index (χ2n) is 12.9. The maximum Gasteiger partial charge on any atom is 0.339 e. The van der Waals surface area contributed by atoms with Gasteiger partial charge in [0.2, 0.25) is 11.6 Å². The number of hydrogen-bond donors (Lipinski definition) is 2. The van der Waals surface area contributed by atoms with Gasteiger partial charge in [-0.25, -0.2) is 0 Å². The number of ketones is 2. The zero-order valence-electron chi connectivity index (χ0n) is 28.5. The lowest BCUT2D eigenvalue weighted by atomic mass is 9.70. The van der Waals surface area contributed by atoms with Crippen molar-refractivity contribution in [1.29, 1.82) is 0 Å². The number of rotatable bonds is 10. The van der Waals surface area contributed by atoms with Crippen molar-refractivity contribution in [2.45, 2.75) is 36.5 Å². The molecule has 5 aromatic rings. The molecule has 0 radical (unpaired) electrons. The molecule has 2 N–H and O–H groups in total. The van der Waals surface area contributed by atoms with Crippen molar-refractivity contribution in [1.82, 2.24) is 0 Å². The van der Waals surface area contributed by atoms with Crippen LogP contribution in [0.15, 0.2) is 136 Å². The predicted octanol–water partition coefficient (Wildman–Crippen LogP) is 8.60. The minimum absolute atomic E-state index is 0.0566. The third-order valence-electron chi connectivity index (χ3n) is 9.57. The Hall–Kier alpha value is -6.85. The van der Waals surface area contributed by atoms with Gasteiger partial charge in [-0.05, 0) is 88.3 Å². The monoisotopic (exact) mass is 726 g/mol. The summed E-state index contributed by atoms with van der Waals surface area (Å²) in [7, 11) is -4.70. The van der Waals surface area contributed by atoms with Crippen LogP contribution in [0, 0.1) is 0 Å². The first kappa shape index (κ1) is 36.0. The summed E-state index contributed by atoms with van der Waals surface area (Å²) >= 11 is 0. The van der Waals surface area contributed by atoms with E-state index >= 15 is 0 Å². The van der Waals surface area contributed by atoms with Crippen LogP contribution in [-0.4, -0.2) is 30.2 Å². The molecule has 0 aromatic heterocycles. The summed E-state index contributed by atoms with van der Waals surface area (Å²) in [6, 6.07) is 32.1. The van der Waals surface area contributed by atoms with Gasteiger partial charge in [0.15, 0.2) is 0 Å². The Morgan fingerprint density at radius 3 is 1.53 bits per heavy atom. The molecule has 0 saturated heterocycles. The van der Waals surface area contributed by atoms with Gasteiger partial charge < -0.3 is 14.4 Å². The van der Waals surface area contributed by atoms with Gasteiger partial charge >= 0.3 is 10.1 Å². The molecular weight excluding hydrogens is 697 g/mol. The van der Waals surface area contributed by atoms with Gasteiger partial charge in [-0.15, -0.1) is 0 Å². The van der Waals surface area contributed by atoms with Crippen molar-refractivity contribution in [2.75, 3.05) is 0 Å². The fourth-order valence-electron chi connectivity index (χ4n) is 6.48. The van der Waals surface area contributed by atoms with E-state index in [-0.39, 0.29) is 22.8 Å². The molecule has 0 unspecified atom stereocenters. The third-order valence-corrected chi connectivity index (χ3v) is 10.9. The zero-order valence-corrected chi connectivity index (χ0v) is 29.3. The molecule has 0 bridgehead atoms. The van der Waals surface area contributed by atoms with E-state index in [4.69, 9.17) is 15.2 Å². The van der Waals surface area contributed by atoms with Crippen molar-refractivity contribution in [3.63, 3.8) is 0 Å². The lowest BCUT2D eigenvalue weighted by Crippen LogP contribution is -2.26. The quantitative estimate of drug-likeness (QED) is 0.0356. The number of phenols is 2. The molecular formula is C39H30N6O7S. The second kappa shape index (κ2) is 13.7. The summed E-state index contributed by atoms with van der Waals surface area (Å²) in [6.07, 6.45) is 0. The minimum Gasteiger partial charge on any atom is -0.508 e. The van der Waals surface area contributed by atoms with E-state index in [1.54, 1.807) is 36.4 Å². The van der Waals surface area contributed by atoms with E-state index in [0.29, 0.717) is 0 Å². The van der Waals surface area contributed by atoms with E-state index < -0.39 is 54.4 Å². The number of nitrogens with zero attached hydrogens (tertiary/aromatic N) is 6. The highest BCUT2D eigenvalue weighted by molar-refractivity contribution is 7.87. The maximum atomic E-state index is 13.6. The van der Waals surface area contributed by atoms with Crippen LogP contribution in [-0.2, 0) is 25.7 Å². The lowest BCUT2D eigenvalue weighted by molar-refractivity contribution is -0.111. The number of hydrogen-bond acceptors (Lipinski definition) is 9. The normalized spacial score (nSPS) is 13.1. The number of azide groups is 2. The van der Waals surface area contributed by atoms with Gasteiger partial charge in [-0.3, -0.25) is 9.59 Å². The summed E-state index contributed by atoms with van der Waals surface area (Å²) in [5, 5.41) is 26.5. The van der Waals surface area contributed by atoms with Crippen LogP contribution in [0.4, 0.5) is 0 Å². The number of fused-ring (bicyclic) bond motifs is 1. The number of phenolic OH excluding ortho intramolecular Hbond substituents is 2. The van der Waals surface area contributed by atoms with Crippen molar-refractivity contribution in [3.05, 3.63) is 181 Å². The number of aromatic hydroxyl groups is 2. The van der Waals surface area contributed by atoms with Crippen LogP contribution in [0.25, 0.3) is 26.6 Å². The highest BCUT2D eigenvalue weighted by Crippen LogP contribution is 2.42. The first-order valence-electron chi connectivity index (χ1n) is 16.0. The molecule has 53 heavy (non-hydrogen) atoms. The van der Waals surface area contributed by atoms with Crippen molar-refractivity contribution < 1.29 is 32.4 Å². The molecule has 264 valence electrons. The van der Waals surface area contributed by atoms with Gasteiger partial charge in [0, 0.05) is 31.8 Å². The number of carbonyl (C=O) groups is 2. The maximum absolute atomic E-state index is 13.6. The third kappa shape index (κ3) is 6.45. The first-order chi connectivity index (χ1) is 25.2. The van der Waals surface area contributed by atoms with E-state index in [9.17, 15) is 28.2 Å². The molecule has 6 rings (SSSR count). The Morgan fingerprint density at radius 2 is 1.04 bits per heavy atom. The average molecular weight is 727 g/mol. The second-order valence-corrected chi connectivity index (χ2v) is 14.4. The molecule has 0 aliphatic heterocycles. The Labute approximate surface area is 303 Å². The molecule has 5 aromatic carbocycles. The highest BCUT2D eigenvalue weighted by atomic mass is 32.2. The molecule has 0 spiro atoms. The molecule has 1 aliphatic rings. The Bertz CT molecular complexity index is 2470. The minimum atomic E-state index is -4.70. The predicted molar refractivity (Wildman–Crippen MR) is 196 cm³/mol. The summed E-state index contributed by atoms with van der Waals surface area (Å²) in [6.45, 7) is 6.12. The topological polar surface area (TPSA) is 215 Å². The van der Waals surface area contributed by atoms with E-state index in [1.807, 2.05) is 62.4 Å². The highest BCUT2D eigenvalue weighted by Gasteiger charge is 2.37. The first-order valence-corrected chi connectivity index (χ1v) is 17.4. The van der Waals surface area contributed by atoms with Crippen LogP contribution in [0.2, 0.25) is 0 Å². The van der Waals surface area contributed by atoms with Crippen LogP contribution < -0.4 is 4.18 Å². The lowest BCUT2D eigenvalue weighted by Gasteiger charge is -2.33. The summed E-state index contributed by atoms with van der Waals surface area (Å²) < 4.78 is 32.7. The van der Waals surface area contributed by atoms with Crippen LogP contribution >= 0.6 is 0 Å². The molecule has 13 nitrogen and oxygen atoms in total. The van der Waals surface area contributed by atoms with Crippen LogP contribution in [0.3, 0.4) is 0 Å². The van der Waals surface area contributed by atoms with E-state index in [0.717, 1.165) is 33.9 Å². The van der Waals surface area contributed by atoms with Gasteiger partial charge in [0.1, 0.15) is 22.1 Å². The molecule has 0 amide bonds. The molecule has 0 heterocycles. The summed E-state index contributed by atoms with van der Waals surface area (Å²) in [5.74, 6) is -2.14. The number of carbonyl (C=O) groups excluding carboxylic acids is 2. The Kier molecular flexibility index (Phi) is 9.29. The zero-order chi connectivity index (χ0) is 38.1. The van der Waals surface area contributed by atoms with Gasteiger partial charge in [-0.2, -0.15) is 8.42 Å². The van der Waals surface area contributed by atoms with Gasteiger partial charge in [0.05, 0.1) is 11.4 Å². The molecule has 0 atom stereocenters. The van der Waals surface area contributed by atoms with E-state index in [2.05, 4.69) is 27.0 Å². The number of Topliss-reactive ketones (excluding diaryl/α,β-unsaturated/α-hetero) is 2. The largest absolute Gasteiger partial charge is 0.508 e. The standard InChI is InChI=1S/C39H30N6O7S/c1-38(2,23-7-9-25(10-8-23)39(3,26-11-17-28(46)18-12-26)27-13-19-29(47)20-14-27)24-15-21-30(22-16-24)52-53(50,51)32-6-4-5-31-33(32)34(42-44-40)35(43-45-41)37(49)36(31)48/h4-22,46-47H,1-3H3. The van der Waals surface area contributed by atoms with Gasteiger partial charge in [0.25, 0.3) is 0 Å². The molecule has 0 saturated carbocycles. The molecule has 14 heteroatoms. The van der Waals surface area contributed by atoms with Crippen LogP contribution in [0.1, 0.15) is 64.5 Å². The SMILES string of the molecule is CC(C)(c1ccc(OS(=O)(=O)c2cccc3c2C(N=[N+]=[N-])=C(N=[N+]=[N-])C(=O)C3=O)cc1)c1ccc(C(C)(c2ccc(O)cc2)c2ccc(O)cc2)cc1. The number of allylic oxidation sites excluding steroid dienone is 1. The Balaban J connectivity index is 1.30. The van der Waals surface area contributed by atoms with Crippen molar-refractivity contribution >= 4 is 27.4 Å². The van der Waals surface area contributed by atoms with Crippen LogP contribution in [0.5, 0.6) is 17.2 Å². The smallest absolute Gasteiger partial charge is 0.339 e. The van der Waals surface area contributed by atoms with E-state index in [1.165, 1.54) is 24.3 Å². The molecule has 0 fully saturated rings. The fraction of sp³-hybridized carbons (Fsp3) is 0.128. The van der Waals surface area contributed by atoms with Gasteiger partial charge in [-0.1, -0.05) is 96.9 Å². The van der Waals surface area contributed by atoms with Crippen molar-refractivity contribution in [3.8, 4) is 17.2 Å². The number of benzene rings is 5. The summed E-state index contributed by atoms with van der Waals surface area (Å²) in [4.78, 5) is 30.0. The Morgan fingerprint density at radius 1 is 0.604 bits per heavy atom. The summed E-state index contributed by atoms with van der Waals surface area (Å²) in [5.41, 5.74) is 19.4.